The minimum Gasteiger partial charge on any atom is -0.468 e. The third kappa shape index (κ3) is 1.41. The number of methoxy groups -OCH3 is 2. The quantitative estimate of drug-likeness (QED) is 0.361. The van der Waals surface area contributed by atoms with Crippen LogP contribution in [0.4, 0.5) is 5.69 Å². The van der Waals surface area contributed by atoms with Gasteiger partial charge in [0.2, 0.25) is 0 Å². The Kier molecular flexibility index (Phi) is 3.09. The highest BCUT2D eigenvalue weighted by molar-refractivity contribution is 5.99. The van der Waals surface area contributed by atoms with Crippen LogP contribution in [0.2, 0.25) is 0 Å². The molecule has 1 N–H and O–H groups in total. The second-order valence-corrected chi connectivity index (χ2v) is 8.75. The molecule has 1 spiro atoms. The summed E-state index contributed by atoms with van der Waals surface area (Å²) >= 11 is 0. The number of nitrogens with one attached hydrogen (secondary N) is 1. The maximum absolute atomic E-state index is 13.6. The van der Waals surface area contributed by atoms with E-state index in [4.69, 9.17) is 14.2 Å². The lowest BCUT2D eigenvalue weighted by Gasteiger charge is -2.67. The van der Waals surface area contributed by atoms with Crippen LogP contribution in [0.3, 0.4) is 0 Å². The van der Waals surface area contributed by atoms with Gasteiger partial charge in [-0.3, -0.25) is 4.79 Å². The van der Waals surface area contributed by atoms with Crippen LogP contribution in [0.15, 0.2) is 35.9 Å². The van der Waals surface area contributed by atoms with Gasteiger partial charge in [0.25, 0.3) is 0 Å². The molecule has 4 aliphatic heterocycles. The first kappa shape index (κ1) is 17.6. The van der Waals surface area contributed by atoms with Crippen LogP contribution in [-0.4, -0.2) is 55.6 Å². The van der Waals surface area contributed by atoms with E-state index >= 15 is 0 Å². The Morgan fingerprint density at radius 3 is 2.79 bits per heavy atom. The van der Waals surface area contributed by atoms with Gasteiger partial charge in [0.15, 0.2) is 11.4 Å². The van der Waals surface area contributed by atoms with Crippen LogP contribution < -0.4 is 5.32 Å². The molecule has 0 radical (unpaired) electrons. The molecule has 5 aliphatic rings. The van der Waals surface area contributed by atoms with Crippen molar-refractivity contribution in [1.82, 2.24) is 4.90 Å². The van der Waals surface area contributed by atoms with Crippen LogP contribution in [0, 0.1) is 11.3 Å². The van der Waals surface area contributed by atoms with Crippen LogP contribution >= 0.6 is 0 Å². The van der Waals surface area contributed by atoms with Crippen molar-refractivity contribution in [2.75, 3.05) is 26.1 Å². The highest BCUT2D eigenvalue weighted by Crippen LogP contribution is 2.78. The van der Waals surface area contributed by atoms with E-state index < -0.39 is 28.2 Å². The number of fused-ring (bicyclic) bond motifs is 4. The Morgan fingerprint density at radius 1 is 1.31 bits per heavy atom. The molecule has 3 saturated heterocycles. The Bertz CT molecular complexity index is 993. The predicted octanol–water partition coefficient (Wildman–Crippen LogP) is 1.79. The fourth-order valence-electron chi connectivity index (χ4n) is 7.47. The van der Waals surface area contributed by atoms with Gasteiger partial charge >= 0.3 is 5.97 Å². The van der Waals surface area contributed by atoms with Crippen molar-refractivity contribution in [3.8, 4) is 0 Å². The van der Waals surface area contributed by atoms with Gasteiger partial charge in [-0.05, 0) is 18.6 Å². The monoisotopic (exact) mass is 396 g/mol. The summed E-state index contributed by atoms with van der Waals surface area (Å²) in [5, 5.41) is 3.60. The minimum atomic E-state index is -1.40. The lowest BCUT2D eigenvalue weighted by Crippen LogP contribution is -2.84. The molecule has 1 aliphatic carbocycles. The van der Waals surface area contributed by atoms with E-state index in [2.05, 4.69) is 10.2 Å². The lowest BCUT2D eigenvalue weighted by molar-refractivity contribution is -0.265. The molecule has 29 heavy (non-hydrogen) atoms. The number of benzene rings is 1. The topological polar surface area (TPSA) is 77.1 Å². The molecule has 1 aromatic rings. The number of carbonyl (C=O) groups is 2. The second-order valence-electron chi connectivity index (χ2n) is 8.75. The van der Waals surface area contributed by atoms with Gasteiger partial charge in [0.1, 0.15) is 17.9 Å². The summed E-state index contributed by atoms with van der Waals surface area (Å²) in [6.07, 6.45) is 3.63. The molecule has 0 unspecified atom stereocenters. The van der Waals surface area contributed by atoms with Crippen LogP contribution in [0.1, 0.15) is 25.3 Å². The normalized spacial score (nSPS) is 47.1. The van der Waals surface area contributed by atoms with E-state index in [1.54, 1.807) is 7.11 Å². The van der Waals surface area contributed by atoms with Gasteiger partial charge in [-0.1, -0.05) is 29.8 Å². The number of carbonyl (C=O) groups excluding carboxylic acids is 2. The zero-order chi connectivity index (χ0) is 20.2. The van der Waals surface area contributed by atoms with Gasteiger partial charge in [0, 0.05) is 38.1 Å². The van der Waals surface area contributed by atoms with Crippen molar-refractivity contribution >= 4 is 17.9 Å². The number of nitrogens with zero attached hydrogens (tertiary/aromatic N) is 1. The Balaban J connectivity index is 1.78. The summed E-state index contributed by atoms with van der Waals surface area (Å²) < 4.78 is 18.3. The minimum absolute atomic E-state index is 0.254. The largest absolute Gasteiger partial charge is 0.468 e. The van der Waals surface area contributed by atoms with Crippen molar-refractivity contribution in [3.05, 3.63) is 41.5 Å². The highest BCUT2D eigenvalue weighted by Gasteiger charge is 2.92. The highest BCUT2D eigenvalue weighted by atomic mass is 16.6. The molecule has 4 fully saturated rings. The number of hydrogen-bond donors (Lipinski definition) is 1. The molecule has 7 heteroatoms. The summed E-state index contributed by atoms with van der Waals surface area (Å²) in [6, 6.07) is 7.88. The SMILES string of the molecule is C/C=C1/CN2[C@@H]3C[C@@]45c6ccccc6N[C@]4(O3)[C@]2(OC)C[C@@H]1[C@@]5(C=O)C(=O)OC. The fraction of sp³-hybridized carbons (Fsp3) is 0.545. The standard InChI is InChI=1S/C22H24N2O5/c1-4-13-11-24-17-10-20-14-7-5-6-8-16(14)23-22(20,29-17)21(24,28-3)9-15(13)19(20,12-25)18(26)27-2/h4-8,12,15,17,23H,9-11H2,1-3H3/b13-4-/t15-,17-,19-,20-,21+,22+/m0/s1. The smallest absolute Gasteiger partial charge is 0.320 e. The number of ether oxygens (including phenoxy) is 3. The molecule has 6 rings (SSSR count). The number of aldehydes is 1. The Labute approximate surface area is 169 Å². The average molecular weight is 396 g/mol. The molecule has 4 heterocycles. The first-order valence-corrected chi connectivity index (χ1v) is 10.1. The van der Waals surface area contributed by atoms with E-state index in [0.29, 0.717) is 19.4 Å². The molecule has 4 bridgehead atoms. The average Bonchev–Trinajstić information content (AvgIpc) is 3.34. The van der Waals surface area contributed by atoms with Gasteiger partial charge in [-0.25, -0.2) is 4.90 Å². The molecular weight excluding hydrogens is 372 g/mol. The summed E-state index contributed by atoms with van der Waals surface area (Å²) in [7, 11) is 3.06. The van der Waals surface area contributed by atoms with Gasteiger partial charge < -0.3 is 24.3 Å². The lowest BCUT2D eigenvalue weighted by atomic mass is 9.41. The molecule has 7 nitrogen and oxygen atoms in total. The number of allylic oxidation sites excluding steroid dienone is 1. The van der Waals surface area contributed by atoms with Crippen LogP contribution in [0.25, 0.3) is 0 Å². The molecule has 0 aromatic heterocycles. The molecule has 152 valence electrons. The zero-order valence-corrected chi connectivity index (χ0v) is 16.7. The number of rotatable bonds is 3. The van der Waals surface area contributed by atoms with E-state index in [9.17, 15) is 9.59 Å². The Morgan fingerprint density at radius 2 is 2.10 bits per heavy atom. The van der Waals surface area contributed by atoms with Gasteiger partial charge in [-0.2, -0.15) is 0 Å². The molecule has 6 atom stereocenters. The van der Waals surface area contributed by atoms with E-state index in [1.165, 1.54) is 7.11 Å². The number of hydrogen-bond acceptors (Lipinski definition) is 7. The molecule has 1 aromatic carbocycles. The van der Waals surface area contributed by atoms with E-state index in [0.717, 1.165) is 23.1 Å². The van der Waals surface area contributed by atoms with Crippen molar-refractivity contribution < 1.29 is 23.8 Å². The maximum Gasteiger partial charge on any atom is 0.320 e. The van der Waals surface area contributed by atoms with Gasteiger partial charge in [0.05, 0.1) is 12.5 Å². The first-order chi connectivity index (χ1) is 14.0. The Hall–Kier alpha value is -2.22. The first-order valence-electron chi connectivity index (χ1n) is 10.1. The van der Waals surface area contributed by atoms with Crippen molar-refractivity contribution in [3.63, 3.8) is 0 Å². The van der Waals surface area contributed by atoms with Crippen molar-refractivity contribution in [2.24, 2.45) is 11.3 Å². The maximum atomic E-state index is 13.6. The number of esters is 1. The second kappa shape index (κ2) is 5.09. The van der Waals surface area contributed by atoms with E-state index in [1.807, 2.05) is 37.3 Å². The van der Waals surface area contributed by atoms with E-state index in [-0.39, 0.29) is 12.1 Å². The summed E-state index contributed by atoms with van der Waals surface area (Å²) in [6.45, 7) is 2.56. The third-order valence-corrected chi connectivity index (χ3v) is 8.41. The third-order valence-electron chi connectivity index (χ3n) is 8.41. The summed E-state index contributed by atoms with van der Waals surface area (Å²) in [5.74, 6) is -0.818. The van der Waals surface area contributed by atoms with Crippen molar-refractivity contribution in [2.45, 2.75) is 42.9 Å². The zero-order valence-electron chi connectivity index (χ0n) is 16.7. The number of piperidine rings is 2. The molecule has 1 saturated carbocycles. The summed E-state index contributed by atoms with van der Waals surface area (Å²) in [5.41, 5.74) is -1.24. The fourth-order valence-corrected chi connectivity index (χ4v) is 7.47. The number of anilines is 1. The van der Waals surface area contributed by atoms with Crippen LogP contribution in [-0.2, 0) is 29.2 Å². The van der Waals surface area contributed by atoms with Crippen LogP contribution in [0.5, 0.6) is 0 Å². The molecular formula is C22H24N2O5. The van der Waals surface area contributed by atoms with Gasteiger partial charge in [-0.15, -0.1) is 0 Å². The predicted molar refractivity (Wildman–Crippen MR) is 103 cm³/mol. The molecule has 0 amide bonds. The van der Waals surface area contributed by atoms with Crippen molar-refractivity contribution in [1.29, 1.82) is 0 Å². The number of para-hydroxylation sites is 1. The summed E-state index contributed by atoms with van der Waals surface area (Å²) in [4.78, 5) is 28.9.